The van der Waals surface area contributed by atoms with Crippen LogP contribution in [0.3, 0.4) is 0 Å². The standard InChI is InChI=1S/C31H26O2/c32-31(22-21-29(25-13-5-1-6-14-25)26-15-7-2-8-16-26)33-24-23-30(27-17-9-3-10-18-27)28-19-11-4-12-20-28/h1-21,23H,22,24H2. The molecule has 4 rings (SSSR count). The van der Waals surface area contributed by atoms with Crippen molar-refractivity contribution in [1.82, 2.24) is 0 Å². The molecular formula is C31H26O2. The van der Waals surface area contributed by atoms with Crippen LogP contribution < -0.4 is 0 Å². The summed E-state index contributed by atoms with van der Waals surface area (Å²) in [7, 11) is 0. The molecule has 0 bridgehead atoms. The molecule has 0 aliphatic carbocycles. The maximum Gasteiger partial charge on any atom is 0.309 e. The Hall–Kier alpha value is -4.17. The Balaban J connectivity index is 1.48. The van der Waals surface area contributed by atoms with Crippen LogP contribution in [0.5, 0.6) is 0 Å². The van der Waals surface area contributed by atoms with Gasteiger partial charge in [-0.15, -0.1) is 0 Å². The number of benzene rings is 4. The van der Waals surface area contributed by atoms with E-state index in [0.29, 0.717) is 0 Å². The summed E-state index contributed by atoms with van der Waals surface area (Å²) >= 11 is 0. The third-order valence-corrected chi connectivity index (χ3v) is 5.34. The molecule has 0 aliphatic heterocycles. The largest absolute Gasteiger partial charge is 0.461 e. The molecule has 4 aromatic rings. The van der Waals surface area contributed by atoms with Crippen LogP contribution in [0.15, 0.2) is 133 Å². The van der Waals surface area contributed by atoms with Crippen molar-refractivity contribution >= 4 is 17.1 Å². The van der Waals surface area contributed by atoms with E-state index in [-0.39, 0.29) is 19.0 Å². The van der Waals surface area contributed by atoms with E-state index in [1.54, 1.807) is 0 Å². The van der Waals surface area contributed by atoms with Crippen LogP contribution in [0, 0.1) is 0 Å². The van der Waals surface area contributed by atoms with E-state index >= 15 is 0 Å². The molecule has 0 saturated carbocycles. The molecule has 0 radical (unpaired) electrons. The van der Waals surface area contributed by atoms with E-state index in [2.05, 4.69) is 48.5 Å². The van der Waals surface area contributed by atoms with Gasteiger partial charge in [0.25, 0.3) is 0 Å². The van der Waals surface area contributed by atoms with E-state index in [0.717, 1.165) is 33.4 Å². The summed E-state index contributed by atoms with van der Waals surface area (Å²) in [4.78, 5) is 12.6. The van der Waals surface area contributed by atoms with E-state index in [1.807, 2.05) is 84.9 Å². The highest BCUT2D eigenvalue weighted by atomic mass is 16.5. The van der Waals surface area contributed by atoms with Gasteiger partial charge in [0.2, 0.25) is 0 Å². The maximum absolute atomic E-state index is 12.6. The van der Waals surface area contributed by atoms with Crippen LogP contribution in [0.2, 0.25) is 0 Å². The third-order valence-electron chi connectivity index (χ3n) is 5.34. The quantitative estimate of drug-likeness (QED) is 0.277. The predicted molar refractivity (Wildman–Crippen MR) is 136 cm³/mol. The molecule has 33 heavy (non-hydrogen) atoms. The van der Waals surface area contributed by atoms with Gasteiger partial charge in [-0.3, -0.25) is 4.79 Å². The molecule has 0 N–H and O–H groups in total. The molecule has 0 aliphatic rings. The Morgan fingerprint density at radius 2 is 0.848 bits per heavy atom. The van der Waals surface area contributed by atoms with Crippen LogP contribution in [-0.4, -0.2) is 12.6 Å². The SMILES string of the molecule is O=C(CC=C(c1ccccc1)c1ccccc1)OCC=C(c1ccccc1)c1ccccc1. The summed E-state index contributed by atoms with van der Waals surface area (Å²) in [5, 5.41) is 0. The molecular weight excluding hydrogens is 404 g/mol. The van der Waals surface area contributed by atoms with Gasteiger partial charge in [0.1, 0.15) is 6.61 Å². The fourth-order valence-electron chi connectivity index (χ4n) is 3.74. The van der Waals surface area contributed by atoms with Crippen molar-refractivity contribution in [3.63, 3.8) is 0 Å². The minimum Gasteiger partial charge on any atom is -0.461 e. The zero-order chi connectivity index (χ0) is 22.7. The molecule has 0 aromatic heterocycles. The van der Waals surface area contributed by atoms with Gasteiger partial charge in [-0.1, -0.05) is 127 Å². The fourth-order valence-corrected chi connectivity index (χ4v) is 3.74. The molecule has 0 saturated heterocycles. The van der Waals surface area contributed by atoms with Gasteiger partial charge in [0.05, 0.1) is 6.42 Å². The third kappa shape index (κ3) is 6.18. The van der Waals surface area contributed by atoms with Crippen molar-refractivity contribution in [3.05, 3.63) is 156 Å². The molecule has 2 heteroatoms. The number of ether oxygens (including phenoxy) is 1. The molecule has 0 unspecified atom stereocenters. The summed E-state index contributed by atoms with van der Waals surface area (Å²) in [6, 6.07) is 40.5. The first-order valence-corrected chi connectivity index (χ1v) is 11.1. The van der Waals surface area contributed by atoms with Crippen molar-refractivity contribution in [2.45, 2.75) is 6.42 Å². The number of esters is 1. The lowest BCUT2D eigenvalue weighted by Crippen LogP contribution is -2.04. The Morgan fingerprint density at radius 1 is 0.515 bits per heavy atom. The van der Waals surface area contributed by atoms with Crippen molar-refractivity contribution in [1.29, 1.82) is 0 Å². The van der Waals surface area contributed by atoms with Crippen LogP contribution in [0.25, 0.3) is 11.1 Å². The van der Waals surface area contributed by atoms with Crippen molar-refractivity contribution in [2.75, 3.05) is 6.61 Å². The molecule has 2 nitrogen and oxygen atoms in total. The zero-order valence-corrected chi connectivity index (χ0v) is 18.4. The van der Waals surface area contributed by atoms with Crippen molar-refractivity contribution < 1.29 is 9.53 Å². The fraction of sp³-hybridized carbons (Fsp3) is 0.0645. The van der Waals surface area contributed by atoms with E-state index < -0.39 is 0 Å². The van der Waals surface area contributed by atoms with Gasteiger partial charge in [-0.2, -0.15) is 0 Å². The second kappa shape index (κ2) is 11.4. The Labute approximate surface area is 195 Å². The van der Waals surface area contributed by atoms with Crippen LogP contribution in [-0.2, 0) is 9.53 Å². The lowest BCUT2D eigenvalue weighted by atomic mass is 9.97. The smallest absolute Gasteiger partial charge is 0.309 e. The Bertz CT molecular complexity index is 1130. The number of hydrogen-bond donors (Lipinski definition) is 0. The highest BCUT2D eigenvalue weighted by Gasteiger charge is 2.08. The second-order valence-electron chi connectivity index (χ2n) is 7.59. The predicted octanol–water partition coefficient (Wildman–Crippen LogP) is 7.18. The number of hydrogen-bond acceptors (Lipinski definition) is 2. The van der Waals surface area contributed by atoms with E-state index in [4.69, 9.17) is 4.74 Å². The topological polar surface area (TPSA) is 26.3 Å². The average Bonchev–Trinajstić information content (AvgIpc) is 2.89. The van der Waals surface area contributed by atoms with Gasteiger partial charge in [-0.05, 0) is 39.5 Å². The number of rotatable bonds is 8. The van der Waals surface area contributed by atoms with Gasteiger partial charge < -0.3 is 4.74 Å². The highest BCUT2D eigenvalue weighted by molar-refractivity contribution is 5.83. The molecule has 0 heterocycles. The lowest BCUT2D eigenvalue weighted by molar-refractivity contribution is -0.141. The monoisotopic (exact) mass is 430 g/mol. The normalized spacial score (nSPS) is 10.2. The van der Waals surface area contributed by atoms with Gasteiger partial charge in [-0.25, -0.2) is 0 Å². The summed E-state index contributed by atoms with van der Waals surface area (Å²) in [5.41, 5.74) is 6.41. The molecule has 0 amide bonds. The zero-order valence-electron chi connectivity index (χ0n) is 18.4. The lowest BCUT2D eigenvalue weighted by Gasteiger charge is -2.10. The van der Waals surface area contributed by atoms with Crippen LogP contribution >= 0.6 is 0 Å². The number of carbonyl (C=O) groups is 1. The number of carbonyl (C=O) groups excluding carboxylic acids is 1. The molecule has 4 aromatic carbocycles. The van der Waals surface area contributed by atoms with Gasteiger partial charge in [0.15, 0.2) is 0 Å². The minimum atomic E-state index is -0.254. The average molecular weight is 431 g/mol. The van der Waals surface area contributed by atoms with Crippen LogP contribution in [0.4, 0.5) is 0 Å². The van der Waals surface area contributed by atoms with Crippen molar-refractivity contribution in [3.8, 4) is 0 Å². The van der Waals surface area contributed by atoms with E-state index in [9.17, 15) is 4.79 Å². The summed E-state index contributed by atoms with van der Waals surface area (Å²) in [5.74, 6) is -0.254. The van der Waals surface area contributed by atoms with E-state index in [1.165, 1.54) is 0 Å². The minimum absolute atomic E-state index is 0.207. The Kier molecular flexibility index (Phi) is 7.65. The first-order chi connectivity index (χ1) is 16.3. The second-order valence-corrected chi connectivity index (χ2v) is 7.59. The summed E-state index contributed by atoms with van der Waals surface area (Å²) < 4.78 is 5.58. The first kappa shape index (κ1) is 22.0. The molecule has 162 valence electrons. The molecule has 0 fully saturated rings. The van der Waals surface area contributed by atoms with Crippen molar-refractivity contribution in [2.24, 2.45) is 0 Å². The maximum atomic E-state index is 12.6. The van der Waals surface area contributed by atoms with Crippen LogP contribution in [0.1, 0.15) is 28.7 Å². The summed E-state index contributed by atoms with van der Waals surface area (Å²) in [6.07, 6.45) is 4.13. The van der Waals surface area contributed by atoms with Gasteiger partial charge >= 0.3 is 5.97 Å². The highest BCUT2D eigenvalue weighted by Crippen LogP contribution is 2.25. The first-order valence-electron chi connectivity index (χ1n) is 11.1. The molecule has 0 spiro atoms. The Morgan fingerprint density at radius 3 is 1.21 bits per heavy atom. The van der Waals surface area contributed by atoms with Gasteiger partial charge in [0, 0.05) is 0 Å². The summed E-state index contributed by atoms with van der Waals surface area (Å²) in [6.45, 7) is 0.220. The molecule has 0 atom stereocenters.